The van der Waals surface area contributed by atoms with Gasteiger partial charge >= 0.3 is 6.18 Å². The summed E-state index contributed by atoms with van der Waals surface area (Å²) in [7, 11) is 3.21. The van der Waals surface area contributed by atoms with Crippen molar-refractivity contribution < 1.29 is 22.7 Å². The quantitative estimate of drug-likeness (QED) is 0.579. The summed E-state index contributed by atoms with van der Waals surface area (Å²) < 4.78 is 46.5. The highest BCUT2D eigenvalue weighted by Gasteiger charge is 2.36. The van der Waals surface area contributed by atoms with E-state index in [0.717, 1.165) is 22.8 Å². The molecular weight excluding hydrogens is 447 g/mol. The molecule has 9 heteroatoms. The number of pyridine rings is 1. The van der Waals surface area contributed by atoms with E-state index in [1.54, 1.807) is 20.2 Å². The number of alkyl halides is 3. The molecule has 178 valence electrons. The number of fused-ring (bicyclic) bond motifs is 2. The highest BCUT2D eigenvalue weighted by atomic mass is 19.4. The second-order valence-electron chi connectivity index (χ2n) is 8.68. The Labute approximate surface area is 194 Å². The third kappa shape index (κ3) is 4.43. The van der Waals surface area contributed by atoms with Crippen molar-refractivity contribution >= 4 is 5.91 Å². The van der Waals surface area contributed by atoms with Crippen LogP contribution < -0.4 is 15.6 Å². The Kier molecular flexibility index (Phi) is 5.99. The number of H-pyrrole nitrogens is 1. The highest BCUT2D eigenvalue weighted by Crippen LogP contribution is 2.44. The van der Waals surface area contributed by atoms with Gasteiger partial charge in [0, 0.05) is 17.7 Å². The molecular formula is C25H24F3N3O3. The fraction of sp³-hybridized carbons (Fsp3) is 0.280. The number of ether oxygens (including phenoxy) is 1. The second-order valence-corrected chi connectivity index (χ2v) is 8.68. The summed E-state index contributed by atoms with van der Waals surface area (Å²) in [4.78, 5) is 29.2. The third-order valence-corrected chi connectivity index (χ3v) is 5.69. The van der Waals surface area contributed by atoms with Crippen LogP contribution in [-0.4, -0.2) is 29.9 Å². The minimum absolute atomic E-state index is 0.104. The van der Waals surface area contributed by atoms with Crippen LogP contribution in [0.3, 0.4) is 0 Å². The van der Waals surface area contributed by atoms with Gasteiger partial charge in [-0.1, -0.05) is 24.3 Å². The zero-order valence-electron chi connectivity index (χ0n) is 19.1. The van der Waals surface area contributed by atoms with Crippen molar-refractivity contribution in [2.24, 2.45) is 0 Å². The van der Waals surface area contributed by atoms with Crippen LogP contribution in [0.5, 0.6) is 11.5 Å². The maximum Gasteiger partial charge on any atom is 0.431 e. The van der Waals surface area contributed by atoms with Crippen LogP contribution in [-0.2, 0) is 12.7 Å². The summed E-state index contributed by atoms with van der Waals surface area (Å²) in [5.41, 5.74) is 0.407. The molecule has 1 aliphatic heterocycles. The molecule has 0 bridgehead atoms. The number of hydrogen-bond acceptors (Lipinski definition) is 4. The number of halogens is 3. The standard InChI is InChI=1S/C25H24F3N3O3/c1-13-8-9-16-19(10-13)34-18-7-5-6-14(2)20(18)21(16)29-23(32)17-11-15(12-31(3)4)22(25(26,27)28)30-24(17)33/h5-11,21H,12H2,1-4H3,(H,29,32)(H,30,33). The largest absolute Gasteiger partial charge is 0.457 e. The van der Waals surface area contributed by atoms with Crippen molar-refractivity contribution in [2.45, 2.75) is 32.6 Å². The van der Waals surface area contributed by atoms with Gasteiger partial charge in [0.15, 0.2) is 0 Å². The van der Waals surface area contributed by atoms with Crippen LogP contribution in [0.1, 0.15) is 49.9 Å². The molecule has 1 aromatic heterocycles. The van der Waals surface area contributed by atoms with Crippen molar-refractivity contribution in [2.75, 3.05) is 14.1 Å². The maximum absolute atomic E-state index is 13.5. The Morgan fingerprint density at radius 3 is 2.53 bits per heavy atom. The molecule has 0 spiro atoms. The fourth-order valence-electron chi connectivity index (χ4n) is 4.17. The summed E-state index contributed by atoms with van der Waals surface area (Å²) in [6.07, 6.45) is -4.76. The first kappa shape index (κ1) is 23.6. The zero-order valence-corrected chi connectivity index (χ0v) is 19.1. The SMILES string of the molecule is Cc1ccc2c(c1)Oc1cccc(C)c1C2NC(=O)c1cc(CN(C)C)c(C(F)(F)F)[nH]c1=O. The van der Waals surface area contributed by atoms with Gasteiger partial charge in [0.05, 0.1) is 6.04 Å². The van der Waals surface area contributed by atoms with Crippen molar-refractivity contribution in [3.8, 4) is 11.5 Å². The number of nitrogens with zero attached hydrogens (tertiary/aromatic N) is 1. The van der Waals surface area contributed by atoms with Crippen LogP contribution in [0.2, 0.25) is 0 Å². The van der Waals surface area contributed by atoms with Gasteiger partial charge in [-0.25, -0.2) is 0 Å². The monoisotopic (exact) mass is 471 g/mol. The number of hydrogen-bond donors (Lipinski definition) is 2. The molecule has 1 atom stereocenters. The van der Waals surface area contributed by atoms with Crippen LogP contribution in [0.4, 0.5) is 13.2 Å². The zero-order chi connectivity index (χ0) is 24.8. The van der Waals surface area contributed by atoms with Crippen molar-refractivity contribution in [1.82, 2.24) is 15.2 Å². The predicted octanol–water partition coefficient (Wildman–Crippen LogP) is 4.70. The van der Waals surface area contributed by atoms with E-state index in [2.05, 4.69) is 5.32 Å². The number of benzene rings is 2. The van der Waals surface area contributed by atoms with Crippen molar-refractivity contribution in [3.05, 3.63) is 91.9 Å². The lowest BCUT2D eigenvalue weighted by Gasteiger charge is -2.30. The van der Waals surface area contributed by atoms with E-state index in [4.69, 9.17) is 4.74 Å². The average molecular weight is 471 g/mol. The van der Waals surface area contributed by atoms with Gasteiger partial charge in [-0.15, -0.1) is 0 Å². The lowest BCUT2D eigenvalue weighted by molar-refractivity contribution is -0.142. The maximum atomic E-state index is 13.5. The first-order valence-corrected chi connectivity index (χ1v) is 10.6. The molecule has 2 N–H and O–H groups in total. The van der Waals surface area contributed by atoms with Gasteiger partial charge in [0.2, 0.25) is 0 Å². The molecule has 1 unspecified atom stereocenters. The van der Waals surface area contributed by atoms with Crippen LogP contribution in [0.25, 0.3) is 0 Å². The molecule has 0 aliphatic carbocycles. The van der Waals surface area contributed by atoms with Gasteiger partial charge in [-0.2, -0.15) is 13.2 Å². The second kappa shape index (κ2) is 8.64. The Morgan fingerprint density at radius 1 is 1.12 bits per heavy atom. The molecule has 3 aromatic rings. The molecule has 34 heavy (non-hydrogen) atoms. The van der Waals surface area contributed by atoms with Crippen LogP contribution in [0, 0.1) is 13.8 Å². The molecule has 0 saturated heterocycles. The first-order valence-electron chi connectivity index (χ1n) is 10.6. The Bertz CT molecular complexity index is 1330. The van der Waals surface area contributed by atoms with Gasteiger partial charge < -0.3 is 19.9 Å². The number of aryl methyl sites for hydroxylation is 2. The van der Waals surface area contributed by atoms with E-state index in [0.29, 0.717) is 17.1 Å². The van der Waals surface area contributed by atoms with E-state index in [9.17, 15) is 22.8 Å². The Balaban J connectivity index is 1.79. The molecule has 1 aliphatic rings. The van der Waals surface area contributed by atoms with Crippen molar-refractivity contribution in [1.29, 1.82) is 0 Å². The molecule has 2 heterocycles. The van der Waals surface area contributed by atoms with Crippen LogP contribution in [0.15, 0.2) is 47.3 Å². The third-order valence-electron chi connectivity index (χ3n) is 5.69. The van der Waals surface area contributed by atoms with E-state index in [-0.39, 0.29) is 17.7 Å². The first-order chi connectivity index (χ1) is 16.0. The Morgan fingerprint density at radius 2 is 1.85 bits per heavy atom. The number of nitrogens with one attached hydrogen (secondary N) is 2. The average Bonchev–Trinajstić information content (AvgIpc) is 2.73. The van der Waals surface area contributed by atoms with Gasteiger partial charge in [-0.05, 0) is 62.8 Å². The van der Waals surface area contributed by atoms with Gasteiger partial charge in [0.25, 0.3) is 11.5 Å². The molecule has 0 fully saturated rings. The summed E-state index contributed by atoms with van der Waals surface area (Å²) in [5.74, 6) is 0.360. The molecule has 4 rings (SSSR count). The summed E-state index contributed by atoms with van der Waals surface area (Å²) in [6, 6.07) is 11.4. The van der Waals surface area contributed by atoms with E-state index >= 15 is 0 Å². The number of carbonyl (C=O) groups excluding carboxylic acids is 1. The normalized spacial score (nSPS) is 14.9. The Hall–Kier alpha value is -3.59. The topological polar surface area (TPSA) is 74.4 Å². The molecule has 0 radical (unpaired) electrons. The molecule has 6 nitrogen and oxygen atoms in total. The van der Waals surface area contributed by atoms with E-state index in [1.165, 1.54) is 4.90 Å². The van der Waals surface area contributed by atoms with E-state index in [1.807, 2.05) is 49.2 Å². The number of rotatable bonds is 4. The summed E-state index contributed by atoms with van der Waals surface area (Å²) >= 11 is 0. The smallest absolute Gasteiger partial charge is 0.431 e. The fourth-order valence-corrected chi connectivity index (χ4v) is 4.17. The predicted molar refractivity (Wildman–Crippen MR) is 121 cm³/mol. The number of aromatic nitrogens is 1. The molecule has 1 amide bonds. The minimum Gasteiger partial charge on any atom is -0.457 e. The number of amides is 1. The van der Waals surface area contributed by atoms with Crippen molar-refractivity contribution in [3.63, 3.8) is 0 Å². The van der Waals surface area contributed by atoms with Gasteiger partial charge in [-0.3, -0.25) is 9.59 Å². The van der Waals surface area contributed by atoms with Crippen LogP contribution >= 0.6 is 0 Å². The minimum atomic E-state index is -4.76. The lowest BCUT2D eigenvalue weighted by atomic mass is 9.90. The lowest BCUT2D eigenvalue weighted by Crippen LogP contribution is -2.36. The van der Waals surface area contributed by atoms with Gasteiger partial charge in [0.1, 0.15) is 22.8 Å². The molecule has 0 saturated carbocycles. The summed E-state index contributed by atoms with van der Waals surface area (Å²) in [5, 5.41) is 2.85. The number of aromatic amines is 1. The number of carbonyl (C=O) groups is 1. The van der Waals surface area contributed by atoms with E-state index < -0.39 is 29.4 Å². The molecule has 2 aromatic carbocycles. The highest BCUT2D eigenvalue weighted by molar-refractivity contribution is 5.94. The summed E-state index contributed by atoms with van der Waals surface area (Å²) in [6.45, 7) is 3.69.